The van der Waals surface area contributed by atoms with Gasteiger partial charge in [-0.25, -0.2) is 4.98 Å². The number of aromatic nitrogens is 2. The number of furan rings is 1. The Labute approximate surface area is 104 Å². The number of hydrogen-bond acceptors (Lipinski definition) is 2. The monoisotopic (exact) mass is 246 g/mol. The van der Waals surface area contributed by atoms with Gasteiger partial charge in [-0.3, -0.25) is 4.40 Å². The third kappa shape index (κ3) is 1.63. The normalized spacial score (nSPS) is 11.2. The average Bonchev–Trinajstić information content (AvgIpc) is 2.83. The van der Waals surface area contributed by atoms with Gasteiger partial charge in [0, 0.05) is 6.20 Å². The number of aryl methyl sites for hydroxylation is 2. The van der Waals surface area contributed by atoms with E-state index in [9.17, 15) is 0 Å². The molecule has 3 aromatic heterocycles. The SMILES string of the molecule is Cc1ccc2c(Cl)nc(-c3ccc(C)o3)n2c1. The van der Waals surface area contributed by atoms with Gasteiger partial charge in [0.2, 0.25) is 0 Å². The maximum atomic E-state index is 6.11. The number of fused-ring (bicyclic) bond motifs is 1. The highest BCUT2D eigenvalue weighted by molar-refractivity contribution is 6.32. The molecule has 0 radical (unpaired) electrons. The van der Waals surface area contributed by atoms with Crippen LogP contribution in [-0.4, -0.2) is 9.38 Å². The molecule has 0 amide bonds. The summed E-state index contributed by atoms with van der Waals surface area (Å²) >= 11 is 6.11. The fourth-order valence-electron chi connectivity index (χ4n) is 1.88. The minimum absolute atomic E-state index is 0.494. The van der Waals surface area contributed by atoms with Gasteiger partial charge in [0.15, 0.2) is 16.7 Å². The Bertz CT molecular complexity index is 697. The van der Waals surface area contributed by atoms with Crippen molar-refractivity contribution >= 4 is 17.1 Å². The van der Waals surface area contributed by atoms with Crippen LogP contribution >= 0.6 is 11.6 Å². The van der Waals surface area contributed by atoms with Crippen LogP contribution in [0.1, 0.15) is 11.3 Å². The first-order valence-electron chi connectivity index (χ1n) is 5.36. The predicted molar refractivity (Wildman–Crippen MR) is 67.4 cm³/mol. The van der Waals surface area contributed by atoms with Gasteiger partial charge in [-0.05, 0) is 37.6 Å². The number of rotatable bonds is 1. The topological polar surface area (TPSA) is 30.4 Å². The summed E-state index contributed by atoms with van der Waals surface area (Å²) < 4.78 is 7.54. The first-order valence-corrected chi connectivity index (χ1v) is 5.74. The van der Waals surface area contributed by atoms with Gasteiger partial charge in [-0.2, -0.15) is 0 Å². The molecule has 17 heavy (non-hydrogen) atoms. The van der Waals surface area contributed by atoms with Gasteiger partial charge in [-0.15, -0.1) is 0 Å². The van der Waals surface area contributed by atoms with Crippen molar-refractivity contribution in [2.45, 2.75) is 13.8 Å². The van der Waals surface area contributed by atoms with E-state index in [0.29, 0.717) is 5.15 Å². The van der Waals surface area contributed by atoms with Crippen molar-refractivity contribution < 1.29 is 4.42 Å². The molecule has 4 heteroatoms. The maximum absolute atomic E-state index is 6.11. The summed E-state index contributed by atoms with van der Waals surface area (Å²) in [6.07, 6.45) is 2.00. The Morgan fingerprint density at radius 2 is 2.00 bits per heavy atom. The van der Waals surface area contributed by atoms with Crippen molar-refractivity contribution in [3.05, 3.63) is 46.9 Å². The van der Waals surface area contributed by atoms with Gasteiger partial charge in [0.25, 0.3) is 0 Å². The maximum Gasteiger partial charge on any atom is 0.182 e. The van der Waals surface area contributed by atoms with Crippen LogP contribution < -0.4 is 0 Å². The van der Waals surface area contributed by atoms with Crippen LogP contribution in [0.3, 0.4) is 0 Å². The lowest BCUT2D eigenvalue weighted by Crippen LogP contribution is -1.88. The lowest BCUT2D eigenvalue weighted by Gasteiger charge is -1.99. The zero-order valence-corrected chi connectivity index (χ0v) is 10.3. The van der Waals surface area contributed by atoms with Gasteiger partial charge < -0.3 is 4.42 Å². The van der Waals surface area contributed by atoms with Crippen molar-refractivity contribution in [1.82, 2.24) is 9.38 Å². The molecule has 3 heterocycles. The molecule has 0 saturated carbocycles. The van der Waals surface area contributed by atoms with Crippen molar-refractivity contribution in [2.75, 3.05) is 0 Å². The van der Waals surface area contributed by atoms with Crippen LogP contribution in [0.15, 0.2) is 34.9 Å². The Morgan fingerprint density at radius 3 is 2.71 bits per heavy atom. The number of pyridine rings is 1. The second kappa shape index (κ2) is 3.64. The second-order valence-corrected chi connectivity index (χ2v) is 4.46. The molecule has 3 aromatic rings. The predicted octanol–water partition coefficient (Wildman–Crippen LogP) is 3.86. The van der Waals surface area contributed by atoms with Crippen LogP contribution in [0.5, 0.6) is 0 Å². The molecule has 86 valence electrons. The van der Waals surface area contributed by atoms with E-state index in [0.717, 1.165) is 28.4 Å². The minimum Gasteiger partial charge on any atom is -0.458 e. The molecule has 0 N–H and O–H groups in total. The molecule has 0 saturated heterocycles. The number of halogens is 1. The summed E-state index contributed by atoms with van der Waals surface area (Å²) in [5, 5.41) is 0.494. The standard InChI is InChI=1S/C13H11ClN2O/c1-8-3-5-10-12(14)15-13(16(10)7-8)11-6-4-9(2)17-11/h3-7H,1-2H3. The summed E-state index contributed by atoms with van der Waals surface area (Å²) in [5.74, 6) is 2.33. The number of hydrogen-bond donors (Lipinski definition) is 0. The van der Waals surface area contributed by atoms with Gasteiger partial charge in [0.05, 0.1) is 5.52 Å². The summed E-state index contributed by atoms with van der Waals surface area (Å²) in [7, 11) is 0. The van der Waals surface area contributed by atoms with Gasteiger partial charge >= 0.3 is 0 Å². The Morgan fingerprint density at radius 1 is 1.18 bits per heavy atom. The molecule has 0 aliphatic heterocycles. The third-order valence-electron chi connectivity index (χ3n) is 2.70. The molecular formula is C13H11ClN2O. The number of imidazole rings is 1. The number of nitrogens with zero attached hydrogens (tertiary/aromatic N) is 2. The summed E-state index contributed by atoms with van der Waals surface area (Å²) in [6.45, 7) is 3.94. The largest absolute Gasteiger partial charge is 0.458 e. The zero-order chi connectivity index (χ0) is 12.0. The zero-order valence-electron chi connectivity index (χ0n) is 9.57. The molecule has 0 aliphatic carbocycles. The first-order chi connectivity index (χ1) is 8.15. The highest BCUT2D eigenvalue weighted by Crippen LogP contribution is 2.27. The van der Waals surface area contributed by atoms with Gasteiger partial charge in [-0.1, -0.05) is 17.7 Å². The van der Waals surface area contributed by atoms with E-state index in [-0.39, 0.29) is 0 Å². The lowest BCUT2D eigenvalue weighted by atomic mass is 10.3. The molecule has 0 aliphatic rings. The summed E-state index contributed by atoms with van der Waals surface area (Å²) in [4.78, 5) is 4.35. The average molecular weight is 247 g/mol. The smallest absolute Gasteiger partial charge is 0.182 e. The molecule has 0 spiro atoms. The van der Waals surface area contributed by atoms with Crippen molar-refractivity contribution in [2.24, 2.45) is 0 Å². The lowest BCUT2D eigenvalue weighted by molar-refractivity contribution is 0.544. The Balaban J connectivity index is 2.33. The molecule has 3 rings (SSSR count). The van der Waals surface area contributed by atoms with E-state index in [2.05, 4.69) is 4.98 Å². The van der Waals surface area contributed by atoms with E-state index < -0.39 is 0 Å². The fraction of sp³-hybridized carbons (Fsp3) is 0.154. The van der Waals surface area contributed by atoms with E-state index in [1.807, 2.05) is 48.7 Å². The van der Waals surface area contributed by atoms with Crippen molar-refractivity contribution in [3.8, 4) is 11.6 Å². The molecule has 0 atom stereocenters. The quantitative estimate of drug-likeness (QED) is 0.653. The molecule has 0 unspecified atom stereocenters. The molecular weight excluding hydrogens is 236 g/mol. The van der Waals surface area contributed by atoms with Crippen LogP contribution in [0.2, 0.25) is 5.15 Å². The third-order valence-corrected chi connectivity index (χ3v) is 2.98. The highest BCUT2D eigenvalue weighted by Gasteiger charge is 2.13. The molecule has 0 aromatic carbocycles. The van der Waals surface area contributed by atoms with Crippen molar-refractivity contribution in [1.29, 1.82) is 0 Å². The Hall–Kier alpha value is -1.74. The molecule has 3 nitrogen and oxygen atoms in total. The Kier molecular flexibility index (Phi) is 2.23. The summed E-state index contributed by atoms with van der Waals surface area (Å²) in [6, 6.07) is 7.80. The van der Waals surface area contributed by atoms with Crippen LogP contribution in [0.4, 0.5) is 0 Å². The minimum atomic E-state index is 0.494. The van der Waals surface area contributed by atoms with Crippen LogP contribution in [0.25, 0.3) is 17.1 Å². The molecule has 0 fully saturated rings. The second-order valence-electron chi connectivity index (χ2n) is 4.10. The summed E-state index contributed by atoms with van der Waals surface area (Å²) in [5.41, 5.74) is 2.04. The van der Waals surface area contributed by atoms with E-state index in [4.69, 9.17) is 16.0 Å². The van der Waals surface area contributed by atoms with Crippen LogP contribution in [0, 0.1) is 13.8 Å². The van der Waals surface area contributed by atoms with Crippen LogP contribution in [-0.2, 0) is 0 Å². The first kappa shape index (κ1) is 10.4. The van der Waals surface area contributed by atoms with Crippen molar-refractivity contribution in [3.63, 3.8) is 0 Å². The van der Waals surface area contributed by atoms with Gasteiger partial charge in [0.1, 0.15) is 5.76 Å². The van der Waals surface area contributed by atoms with E-state index >= 15 is 0 Å². The van der Waals surface area contributed by atoms with E-state index in [1.54, 1.807) is 0 Å². The van der Waals surface area contributed by atoms with E-state index in [1.165, 1.54) is 0 Å². The molecule has 0 bridgehead atoms. The highest BCUT2D eigenvalue weighted by atomic mass is 35.5. The fourth-order valence-corrected chi connectivity index (χ4v) is 2.12.